The number of unbranched alkanes of at least 4 members (excludes halogenated alkanes) is 27. The number of aliphatic carboxylic acids is 1. The third-order valence-corrected chi connectivity index (χ3v) is 13.6. The van der Waals surface area contributed by atoms with Crippen molar-refractivity contribution >= 4 is 23.9 Å². The zero-order valence-corrected chi connectivity index (χ0v) is 47.5. The lowest BCUT2D eigenvalue weighted by Gasteiger charge is -2.40. The standard InChI is InChI=1S/C63H108O12/c1-4-7-10-13-16-19-22-25-27-28-30-33-36-39-42-45-48-51-57(66)74-61-59(68)58(67)60(62(69)70)75-63(61)72-53-54(73-56(65)50-47-44-41-38-35-31-24-21-18-15-12-9-6-3)52-71-55(64)49-46-43-40-37-34-32-29-26-23-20-17-14-11-8-5-2/h7,10,12,15-16,19,21,24-25,27,54,58-61,63,67-68H,4-6,8-9,11,13-14,17-18,20,22-23,26,28-53H2,1-3H3,(H,69,70)/b10-7-,15-12-,19-16-,24-21-,27-25-. The largest absolute Gasteiger partial charge is 0.479 e. The average Bonchev–Trinajstić information content (AvgIpc) is 3.39. The minimum Gasteiger partial charge on any atom is -0.479 e. The molecule has 1 heterocycles. The first-order valence-electron chi connectivity index (χ1n) is 30.3. The Hall–Kier alpha value is -3.58. The Morgan fingerprint density at radius 3 is 1.33 bits per heavy atom. The molecule has 0 saturated carbocycles. The molecule has 0 aliphatic carbocycles. The minimum atomic E-state index is -1.91. The van der Waals surface area contributed by atoms with Gasteiger partial charge in [-0.15, -0.1) is 0 Å². The molecular formula is C63H108O12. The Balaban J connectivity index is 2.68. The van der Waals surface area contributed by atoms with Gasteiger partial charge in [-0.25, -0.2) is 4.79 Å². The zero-order chi connectivity index (χ0) is 54.7. The van der Waals surface area contributed by atoms with Crippen molar-refractivity contribution in [2.45, 2.75) is 302 Å². The highest BCUT2D eigenvalue weighted by Gasteiger charge is 2.50. The number of carboxylic acid groups (broad SMARTS) is 1. The second-order valence-electron chi connectivity index (χ2n) is 20.6. The third-order valence-electron chi connectivity index (χ3n) is 13.6. The van der Waals surface area contributed by atoms with E-state index in [2.05, 4.69) is 81.5 Å². The van der Waals surface area contributed by atoms with E-state index in [-0.39, 0.29) is 25.9 Å². The quantitative estimate of drug-likeness (QED) is 0.0228. The first kappa shape index (κ1) is 69.4. The predicted octanol–water partition coefficient (Wildman–Crippen LogP) is 15.6. The van der Waals surface area contributed by atoms with Crippen molar-refractivity contribution < 1.29 is 58.2 Å². The fraction of sp³-hybridized carbons (Fsp3) is 0.778. The third kappa shape index (κ3) is 41.2. The molecule has 0 aromatic heterocycles. The molecule has 1 aliphatic rings. The molecule has 12 heteroatoms. The van der Waals surface area contributed by atoms with Crippen molar-refractivity contribution in [1.82, 2.24) is 0 Å². The van der Waals surface area contributed by atoms with Gasteiger partial charge in [-0.2, -0.15) is 0 Å². The summed E-state index contributed by atoms with van der Waals surface area (Å²) in [6.45, 7) is 5.82. The van der Waals surface area contributed by atoms with E-state index < -0.39 is 67.3 Å². The van der Waals surface area contributed by atoms with Crippen molar-refractivity contribution in [3.63, 3.8) is 0 Å². The first-order valence-corrected chi connectivity index (χ1v) is 30.3. The summed E-state index contributed by atoms with van der Waals surface area (Å²) >= 11 is 0. The second kappa shape index (κ2) is 51.2. The Morgan fingerprint density at radius 1 is 0.453 bits per heavy atom. The summed E-state index contributed by atoms with van der Waals surface area (Å²) in [6, 6.07) is 0. The summed E-state index contributed by atoms with van der Waals surface area (Å²) < 4.78 is 28.4. The molecule has 0 bridgehead atoms. The molecule has 432 valence electrons. The molecule has 0 spiro atoms. The van der Waals surface area contributed by atoms with Gasteiger partial charge in [0, 0.05) is 19.3 Å². The lowest BCUT2D eigenvalue weighted by molar-refractivity contribution is -0.301. The lowest BCUT2D eigenvalue weighted by atomic mass is 9.98. The maximum absolute atomic E-state index is 13.1. The van der Waals surface area contributed by atoms with E-state index in [0.717, 1.165) is 135 Å². The molecule has 1 saturated heterocycles. The molecule has 6 unspecified atom stereocenters. The maximum atomic E-state index is 13.1. The summed E-state index contributed by atoms with van der Waals surface area (Å²) in [5, 5.41) is 31.5. The van der Waals surface area contributed by atoms with E-state index in [1.165, 1.54) is 70.6 Å². The van der Waals surface area contributed by atoms with E-state index in [9.17, 15) is 34.5 Å². The van der Waals surface area contributed by atoms with Gasteiger partial charge in [-0.3, -0.25) is 14.4 Å². The second-order valence-corrected chi connectivity index (χ2v) is 20.6. The van der Waals surface area contributed by atoms with Crippen LogP contribution in [-0.4, -0.2) is 89.2 Å². The first-order chi connectivity index (χ1) is 36.6. The van der Waals surface area contributed by atoms with E-state index in [0.29, 0.717) is 19.3 Å². The number of aliphatic hydroxyl groups excluding tert-OH is 2. The highest BCUT2D eigenvalue weighted by molar-refractivity contribution is 5.74. The average molecular weight is 1060 g/mol. The van der Waals surface area contributed by atoms with Gasteiger partial charge in [0.05, 0.1) is 6.61 Å². The van der Waals surface area contributed by atoms with Crippen LogP contribution in [0.2, 0.25) is 0 Å². The zero-order valence-electron chi connectivity index (χ0n) is 47.5. The molecule has 0 aromatic carbocycles. The monoisotopic (exact) mass is 1060 g/mol. The molecule has 75 heavy (non-hydrogen) atoms. The number of ether oxygens (including phenoxy) is 5. The number of allylic oxidation sites excluding steroid dienone is 10. The van der Waals surface area contributed by atoms with Crippen molar-refractivity contribution in [1.29, 1.82) is 0 Å². The number of rotatable bonds is 51. The minimum absolute atomic E-state index is 0.0477. The van der Waals surface area contributed by atoms with Gasteiger partial charge >= 0.3 is 23.9 Å². The van der Waals surface area contributed by atoms with Crippen molar-refractivity contribution in [2.75, 3.05) is 13.2 Å². The number of aliphatic hydroxyl groups is 2. The fourth-order valence-corrected chi connectivity index (χ4v) is 8.95. The van der Waals surface area contributed by atoms with Gasteiger partial charge in [-0.05, 0) is 77.0 Å². The molecule has 12 nitrogen and oxygen atoms in total. The Kier molecular flexibility index (Phi) is 47.4. The van der Waals surface area contributed by atoms with E-state index in [1.807, 2.05) is 0 Å². The van der Waals surface area contributed by atoms with Gasteiger partial charge in [0.15, 0.2) is 24.6 Å². The fourth-order valence-electron chi connectivity index (χ4n) is 8.95. The summed E-state index contributed by atoms with van der Waals surface area (Å²) in [5.74, 6) is -3.14. The molecule has 1 fully saturated rings. The molecule has 3 N–H and O–H groups in total. The molecule has 0 aromatic rings. The Bertz CT molecular complexity index is 1540. The molecular weight excluding hydrogens is 949 g/mol. The van der Waals surface area contributed by atoms with Gasteiger partial charge in [0.25, 0.3) is 0 Å². The van der Waals surface area contributed by atoms with Crippen LogP contribution in [0.15, 0.2) is 60.8 Å². The van der Waals surface area contributed by atoms with Crippen LogP contribution in [0, 0.1) is 0 Å². The Labute approximate surface area is 456 Å². The van der Waals surface area contributed by atoms with Crippen molar-refractivity contribution in [2.24, 2.45) is 0 Å². The van der Waals surface area contributed by atoms with Crippen LogP contribution in [0.1, 0.15) is 265 Å². The van der Waals surface area contributed by atoms with E-state index in [1.54, 1.807) is 0 Å². The lowest BCUT2D eigenvalue weighted by Crippen LogP contribution is -2.61. The summed E-state index contributed by atoms with van der Waals surface area (Å²) in [5.41, 5.74) is 0. The van der Waals surface area contributed by atoms with Crippen LogP contribution in [-0.2, 0) is 42.9 Å². The molecule has 1 aliphatic heterocycles. The summed E-state index contributed by atoms with van der Waals surface area (Å²) in [4.78, 5) is 51.1. The van der Waals surface area contributed by atoms with Crippen LogP contribution in [0.3, 0.4) is 0 Å². The smallest absolute Gasteiger partial charge is 0.335 e. The number of hydrogen-bond acceptors (Lipinski definition) is 11. The predicted molar refractivity (Wildman–Crippen MR) is 303 cm³/mol. The Morgan fingerprint density at radius 2 is 0.867 bits per heavy atom. The van der Waals surface area contributed by atoms with Crippen LogP contribution in [0.4, 0.5) is 0 Å². The van der Waals surface area contributed by atoms with Gasteiger partial charge in [0.2, 0.25) is 0 Å². The summed E-state index contributed by atoms with van der Waals surface area (Å²) in [7, 11) is 0. The van der Waals surface area contributed by atoms with Crippen LogP contribution in [0.25, 0.3) is 0 Å². The maximum Gasteiger partial charge on any atom is 0.335 e. The van der Waals surface area contributed by atoms with Gasteiger partial charge in [0.1, 0.15) is 18.8 Å². The number of carbonyl (C=O) groups is 4. The molecule has 0 amide bonds. The SMILES string of the molecule is CC/C=C\C/C=C\C/C=C\CCCCCCCCCC(=O)OC1C(OCC(COC(=O)CCCCCCCCCCCCCCCCC)OC(=O)CCCCCCC/C=C\C/C=C\CCC)OC(C(=O)O)C(O)C1O. The molecule has 0 radical (unpaired) electrons. The normalized spacial score (nSPS) is 18.5. The van der Waals surface area contributed by atoms with Crippen LogP contribution in [0.5, 0.6) is 0 Å². The van der Waals surface area contributed by atoms with Crippen molar-refractivity contribution in [3.8, 4) is 0 Å². The van der Waals surface area contributed by atoms with E-state index in [4.69, 9.17) is 23.7 Å². The summed E-state index contributed by atoms with van der Waals surface area (Å²) in [6.07, 6.45) is 50.4. The van der Waals surface area contributed by atoms with Crippen LogP contribution < -0.4 is 0 Å². The number of carboxylic acids is 1. The highest BCUT2D eigenvalue weighted by Crippen LogP contribution is 2.26. The molecule has 6 atom stereocenters. The van der Waals surface area contributed by atoms with E-state index >= 15 is 0 Å². The van der Waals surface area contributed by atoms with Crippen LogP contribution >= 0.6 is 0 Å². The highest BCUT2D eigenvalue weighted by atomic mass is 16.7. The topological polar surface area (TPSA) is 175 Å². The van der Waals surface area contributed by atoms with Gasteiger partial charge < -0.3 is 39.0 Å². The molecule has 1 rings (SSSR count). The number of hydrogen-bond donors (Lipinski definition) is 3. The number of esters is 3. The van der Waals surface area contributed by atoms with Crippen molar-refractivity contribution in [3.05, 3.63) is 60.8 Å². The van der Waals surface area contributed by atoms with Gasteiger partial charge in [-0.1, -0.05) is 229 Å². The number of carbonyl (C=O) groups excluding carboxylic acids is 3.